The summed E-state index contributed by atoms with van der Waals surface area (Å²) in [6.45, 7) is 5.40. The third-order valence-corrected chi connectivity index (χ3v) is 3.97. The topological polar surface area (TPSA) is 51.5 Å². The van der Waals surface area contributed by atoms with E-state index in [0.29, 0.717) is 11.3 Å². The number of aryl methyl sites for hydroxylation is 1. The fraction of sp³-hybridized carbons (Fsp3) is 0.571. The predicted octanol–water partition coefficient (Wildman–Crippen LogP) is 3.55. The van der Waals surface area contributed by atoms with Gasteiger partial charge in [-0.25, -0.2) is 13.0 Å². The first-order valence-corrected chi connectivity index (χ1v) is 7.75. The fourth-order valence-electron chi connectivity index (χ4n) is 1.28. The summed E-state index contributed by atoms with van der Waals surface area (Å²) in [7, 11) is -1.45. The Labute approximate surface area is 134 Å². The van der Waals surface area contributed by atoms with Crippen LogP contribution in [0.4, 0.5) is 17.6 Å². The maximum absolute atomic E-state index is 12.8. The number of pyridine rings is 1. The molecule has 1 aromatic heterocycles. The molecule has 23 heavy (non-hydrogen) atoms. The molecule has 0 fully saturated rings. The highest BCUT2D eigenvalue weighted by molar-refractivity contribution is 7.85. The molecule has 4 nitrogen and oxygen atoms in total. The van der Waals surface area contributed by atoms with Crippen molar-refractivity contribution in [3.63, 3.8) is 0 Å². The first-order valence-electron chi connectivity index (χ1n) is 6.65. The first-order chi connectivity index (χ1) is 10.4. The minimum Gasteiger partial charge on any atom is -0.485 e. The Balaban J connectivity index is 2.79. The zero-order chi connectivity index (χ0) is 17.8. The highest BCUT2D eigenvalue weighted by Gasteiger charge is 2.41. The molecule has 0 aliphatic carbocycles. The lowest BCUT2D eigenvalue weighted by Crippen LogP contribution is -2.33. The summed E-state index contributed by atoms with van der Waals surface area (Å²) >= 11 is 0. The zero-order valence-electron chi connectivity index (χ0n) is 13.1. The highest BCUT2D eigenvalue weighted by Crippen LogP contribution is 2.25. The van der Waals surface area contributed by atoms with Crippen molar-refractivity contribution in [1.82, 2.24) is 4.98 Å². The number of hydrogen-bond acceptors (Lipinski definition) is 3. The van der Waals surface area contributed by atoms with Crippen molar-refractivity contribution in [3.8, 4) is 5.75 Å². The lowest BCUT2D eigenvalue weighted by atomic mass is 10.2. The summed E-state index contributed by atoms with van der Waals surface area (Å²) in [6, 6.07) is 1.47. The third kappa shape index (κ3) is 5.89. The second-order valence-electron chi connectivity index (χ2n) is 5.82. The molecule has 1 heterocycles. The molecule has 130 valence electrons. The highest BCUT2D eigenvalue weighted by atomic mass is 32.2. The Morgan fingerprint density at radius 2 is 2.00 bits per heavy atom. The van der Waals surface area contributed by atoms with E-state index in [0.717, 1.165) is 6.20 Å². The van der Waals surface area contributed by atoms with Crippen LogP contribution in [0.25, 0.3) is 0 Å². The number of nitrogens with zero attached hydrogens (tertiary/aromatic N) is 2. The van der Waals surface area contributed by atoms with Gasteiger partial charge in [0, 0.05) is 0 Å². The lowest BCUT2D eigenvalue weighted by molar-refractivity contribution is -0.148. The van der Waals surface area contributed by atoms with E-state index < -0.39 is 34.7 Å². The van der Waals surface area contributed by atoms with Crippen LogP contribution in [0.3, 0.4) is 0 Å². The SMILES string of the molecule is Cc1cc(C=N[S@](=O)C(C)(C)C)ncc1OCC(F)(F)C(F)F. The van der Waals surface area contributed by atoms with Crippen LogP contribution in [0.15, 0.2) is 16.7 Å². The largest absolute Gasteiger partial charge is 0.485 e. The van der Waals surface area contributed by atoms with E-state index in [9.17, 15) is 21.8 Å². The fourth-order valence-corrected chi connectivity index (χ4v) is 1.80. The molecule has 0 saturated carbocycles. The molecule has 0 aliphatic rings. The monoisotopic (exact) mass is 354 g/mol. The van der Waals surface area contributed by atoms with Crippen molar-refractivity contribution in [1.29, 1.82) is 0 Å². The smallest absolute Gasteiger partial charge is 0.340 e. The van der Waals surface area contributed by atoms with Gasteiger partial charge in [0.05, 0.1) is 22.9 Å². The summed E-state index contributed by atoms with van der Waals surface area (Å²) in [5.74, 6) is -4.25. The van der Waals surface area contributed by atoms with Crippen LogP contribution in [0.1, 0.15) is 32.0 Å². The summed E-state index contributed by atoms with van der Waals surface area (Å²) < 4.78 is 69.6. The molecule has 1 aromatic rings. The Hall–Kier alpha value is -1.51. The maximum atomic E-state index is 12.8. The Morgan fingerprint density at radius 3 is 2.48 bits per heavy atom. The standard InChI is InChI=1S/C14H18F4N2O2S/c1-9-5-10(6-20-23(21)13(2,3)4)19-7-11(9)22-8-14(17,18)12(15)16/h5-7,12H,8H2,1-4H3/t23-/m1/s1. The van der Waals surface area contributed by atoms with E-state index in [1.54, 1.807) is 27.7 Å². The van der Waals surface area contributed by atoms with Crippen molar-refractivity contribution >= 4 is 17.2 Å². The summed E-state index contributed by atoms with van der Waals surface area (Å²) in [5, 5.41) is 0. The second kappa shape index (κ2) is 7.37. The normalized spacial score (nSPS) is 14.5. The molecule has 1 atom stereocenters. The summed E-state index contributed by atoms with van der Waals surface area (Å²) in [6.07, 6.45) is -1.36. The van der Waals surface area contributed by atoms with Crippen LogP contribution in [0.2, 0.25) is 0 Å². The number of hydrogen-bond donors (Lipinski definition) is 0. The van der Waals surface area contributed by atoms with Gasteiger partial charge >= 0.3 is 12.3 Å². The van der Waals surface area contributed by atoms with Crippen LogP contribution in [0, 0.1) is 6.92 Å². The number of rotatable bonds is 6. The Kier molecular flexibility index (Phi) is 6.26. The van der Waals surface area contributed by atoms with E-state index in [1.165, 1.54) is 12.3 Å². The van der Waals surface area contributed by atoms with Crippen LogP contribution in [-0.4, -0.2) is 39.1 Å². The molecule has 0 unspecified atom stereocenters. The van der Waals surface area contributed by atoms with E-state index in [1.807, 2.05) is 0 Å². The molecule has 0 radical (unpaired) electrons. The molecule has 0 spiro atoms. The van der Waals surface area contributed by atoms with Crippen LogP contribution < -0.4 is 4.74 Å². The quantitative estimate of drug-likeness (QED) is 0.580. The van der Waals surface area contributed by atoms with Gasteiger partial charge in [-0.05, 0) is 39.3 Å². The van der Waals surface area contributed by atoms with Gasteiger partial charge in [-0.3, -0.25) is 4.98 Å². The van der Waals surface area contributed by atoms with Gasteiger partial charge in [0.15, 0.2) is 6.61 Å². The van der Waals surface area contributed by atoms with Crippen LogP contribution in [-0.2, 0) is 11.0 Å². The van der Waals surface area contributed by atoms with Crippen molar-refractivity contribution in [2.75, 3.05) is 6.61 Å². The number of halogens is 4. The molecule has 0 bridgehead atoms. The number of alkyl halides is 4. The van der Waals surface area contributed by atoms with Crippen LogP contribution >= 0.6 is 0 Å². The minimum atomic E-state index is -4.23. The number of aromatic nitrogens is 1. The van der Waals surface area contributed by atoms with Crippen molar-refractivity contribution in [3.05, 3.63) is 23.5 Å². The summed E-state index contributed by atoms with van der Waals surface area (Å²) in [4.78, 5) is 3.90. The molecule has 0 saturated heterocycles. The average molecular weight is 354 g/mol. The predicted molar refractivity (Wildman–Crippen MR) is 80.9 cm³/mol. The number of ether oxygens (including phenoxy) is 1. The van der Waals surface area contributed by atoms with Gasteiger partial charge < -0.3 is 4.74 Å². The molecular weight excluding hydrogens is 336 g/mol. The van der Waals surface area contributed by atoms with Gasteiger partial charge in [0.2, 0.25) is 0 Å². The Morgan fingerprint density at radius 1 is 1.39 bits per heavy atom. The molecule has 0 aliphatic heterocycles. The van der Waals surface area contributed by atoms with Gasteiger partial charge in [-0.2, -0.15) is 13.2 Å². The molecule has 9 heteroatoms. The van der Waals surface area contributed by atoms with E-state index in [2.05, 4.69) is 9.38 Å². The van der Waals surface area contributed by atoms with Gasteiger partial charge in [0.25, 0.3) is 0 Å². The zero-order valence-corrected chi connectivity index (χ0v) is 14.0. The molecule has 0 aromatic carbocycles. The van der Waals surface area contributed by atoms with Gasteiger partial charge in [0.1, 0.15) is 16.7 Å². The molecule has 1 rings (SSSR count). The van der Waals surface area contributed by atoms with Crippen LogP contribution in [0.5, 0.6) is 5.75 Å². The Bertz CT molecular complexity index is 601. The first kappa shape index (κ1) is 19.5. The third-order valence-electron chi connectivity index (χ3n) is 2.63. The molecule has 0 amide bonds. The lowest BCUT2D eigenvalue weighted by Gasteiger charge is -2.16. The average Bonchev–Trinajstić information content (AvgIpc) is 2.42. The van der Waals surface area contributed by atoms with Gasteiger partial charge in [-0.15, -0.1) is 0 Å². The van der Waals surface area contributed by atoms with E-state index >= 15 is 0 Å². The van der Waals surface area contributed by atoms with Crippen molar-refractivity contribution < 1.29 is 26.5 Å². The molecule has 0 N–H and O–H groups in total. The maximum Gasteiger partial charge on any atom is 0.340 e. The van der Waals surface area contributed by atoms with Crippen molar-refractivity contribution in [2.24, 2.45) is 4.40 Å². The second-order valence-corrected chi connectivity index (χ2v) is 7.75. The minimum absolute atomic E-state index is 0.0283. The summed E-state index contributed by atoms with van der Waals surface area (Å²) in [5.41, 5.74) is 0.779. The van der Waals surface area contributed by atoms with E-state index in [-0.39, 0.29) is 5.75 Å². The van der Waals surface area contributed by atoms with Gasteiger partial charge in [-0.1, -0.05) is 0 Å². The van der Waals surface area contributed by atoms with E-state index in [4.69, 9.17) is 4.74 Å². The van der Waals surface area contributed by atoms with Crippen molar-refractivity contribution in [2.45, 2.75) is 44.8 Å². The molecular formula is C14H18F4N2O2S.